The summed E-state index contributed by atoms with van der Waals surface area (Å²) < 4.78 is 10.7. The van der Waals surface area contributed by atoms with E-state index in [1.165, 1.54) is 22.3 Å². The van der Waals surface area contributed by atoms with Crippen LogP contribution in [-0.4, -0.2) is 26.4 Å². The van der Waals surface area contributed by atoms with E-state index in [9.17, 15) is 4.79 Å². The molecule has 0 spiro atoms. The molecule has 4 rings (SSSR count). The van der Waals surface area contributed by atoms with Crippen molar-refractivity contribution in [2.45, 2.75) is 5.92 Å². The summed E-state index contributed by atoms with van der Waals surface area (Å²) in [5.74, 6) is 6.47. The second-order valence-corrected chi connectivity index (χ2v) is 7.24. The molecular weight excluding hydrogens is 398 g/mol. The zero-order chi connectivity index (χ0) is 20.9. The van der Waals surface area contributed by atoms with E-state index in [0.29, 0.717) is 10.8 Å². The molecular formula is C25H20ClNO3. The molecule has 0 atom stereocenters. The fraction of sp³-hybridized carbons (Fsp3) is 0.160. The van der Waals surface area contributed by atoms with Crippen LogP contribution in [0.25, 0.3) is 11.1 Å². The van der Waals surface area contributed by atoms with E-state index in [1.54, 1.807) is 25.3 Å². The largest absolute Gasteiger partial charge is 0.495 e. The van der Waals surface area contributed by atoms with Crippen molar-refractivity contribution < 1.29 is 14.3 Å². The Labute approximate surface area is 180 Å². The van der Waals surface area contributed by atoms with E-state index in [0.717, 1.165) is 5.56 Å². The Bertz CT molecular complexity index is 1100. The van der Waals surface area contributed by atoms with Crippen LogP contribution in [0.5, 0.6) is 5.75 Å². The number of methoxy groups -OCH3 is 1. The highest BCUT2D eigenvalue weighted by Gasteiger charge is 2.28. The number of halogens is 1. The highest BCUT2D eigenvalue weighted by molar-refractivity contribution is 6.32. The van der Waals surface area contributed by atoms with E-state index in [4.69, 9.17) is 21.1 Å². The van der Waals surface area contributed by atoms with Crippen LogP contribution in [0.2, 0.25) is 5.02 Å². The van der Waals surface area contributed by atoms with Crippen LogP contribution < -0.4 is 10.1 Å². The topological polar surface area (TPSA) is 47.6 Å². The number of carbonyl (C=O) groups excluding carboxylic acids is 1. The maximum atomic E-state index is 12.1. The first-order valence-electron chi connectivity index (χ1n) is 9.58. The number of ether oxygens (including phenoxy) is 2. The monoisotopic (exact) mass is 417 g/mol. The first-order valence-corrected chi connectivity index (χ1v) is 9.96. The molecule has 3 aromatic rings. The molecule has 0 fully saturated rings. The summed E-state index contributed by atoms with van der Waals surface area (Å²) in [6, 6.07) is 21.8. The molecule has 1 aliphatic rings. The minimum atomic E-state index is -0.486. The fourth-order valence-corrected chi connectivity index (χ4v) is 3.84. The SMILES string of the molecule is COc1cc(C#CCNC(=O)OCC2c3ccccc3-c3ccccc32)ccc1Cl. The summed E-state index contributed by atoms with van der Waals surface area (Å²) in [6.45, 7) is 0.462. The van der Waals surface area contributed by atoms with Crippen molar-refractivity contribution in [3.8, 4) is 28.7 Å². The van der Waals surface area contributed by atoms with Crippen LogP contribution in [0.1, 0.15) is 22.6 Å². The summed E-state index contributed by atoms with van der Waals surface area (Å²) in [5.41, 5.74) is 5.52. The standard InChI is InChI=1S/C25H20ClNO3/c1-29-24-15-17(12-13-23(24)26)7-6-14-27-25(28)30-16-22-20-10-4-2-8-18(20)19-9-3-5-11-21(19)22/h2-5,8-13,15,22H,14,16H2,1H3,(H,27,28). The Balaban J connectivity index is 1.34. The van der Waals surface area contributed by atoms with E-state index in [-0.39, 0.29) is 19.1 Å². The second kappa shape index (κ2) is 8.94. The zero-order valence-corrected chi connectivity index (χ0v) is 17.2. The first-order chi connectivity index (χ1) is 14.7. The lowest BCUT2D eigenvalue weighted by atomic mass is 9.98. The number of amides is 1. The van der Waals surface area contributed by atoms with Gasteiger partial charge in [0.05, 0.1) is 18.7 Å². The third-order valence-corrected chi connectivity index (χ3v) is 5.36. The quantitative estimate of drug-likeness (QED) is 0.590. The molecule has 30 heavy (non-hydrogen) atoms. The molecule has 4 nitrogen and oxygen atoms in total. The second-order valence-electron chi connectivity index (χ2n) is 6.83. The minimum Gasteiger partial charge on any atom is -0.495 e. The van der Waals surface area contributed by atoms with Gasteiger partial charge < -0.3 is 14.8 Å². The molecule has 1 aliphatic carbocycles. The van der Waals surface area contributed by atoms with Crippen LogP contribution in [-0.2, 0) is 4.74 Å². The predicted octanol–water partition coefficient (Wildman–Crippen LogP) is 5.24. The maximum Gasteiger partial charge on any atom is 0.407 e. The van der Waals surface area contributed by atoms with Crippen molar-refractivity contribution in [1.29, 1.82) is 0 Å². The average Bonchev–Trinajstić information content (AvgIpc) is 3.10. The van der Waals surface area contributed by atoms with Gasteiger partial charge in [-0.15, -0.1) is 0 Å². The Morgan fingerprint density at radius 1 is 1.03 bits per heavy atom. The lowest BCUT2D eigenvalue weighted by Gasteiger charge is -2.14. The van der Waals surface area contributed by atoms with Gasteiger partial charge in [0.25, 0.3) is 0 Å². The Hall–Kier alpha value is -3.42. The normalized spacial score (nSPS) is 11.7. The van der Waals surface area contributed by atoms with Crippen LogP contribution in [0.4, 0.5) is 4.79 Å². The molecule has 0 aromatic heterocycles. The molecule has 0 saturated carbocycles. The number of carbonyl (C=O) groups is 1. The van der Waals surface area contributed by atoms with Crippen molar-refractivity contribution in [2.75, 3.05) is 20.3 Å². The van der Waals surface area contributed by atoms with Gasteiger partial charge in [0.15, 0.2) is 0 Å². The summed E-state index contributed by atoms with van der Waals surface area (Å²) in [5, 5.41) is 3.20. The van der Waals surface area contributed by atoms with Gasteiger partial charge in [-0.3, -0.25) is 0 Å². The minimum absolute atomic E-state index is 0.0377. The molecule has 1 amide bonds. The molecule has 150 valence electrons. The molecule has 1 N–H and O–H groups in total. The number of benzene rings is 3. The van der Waals surface area contributed by atoms with Crippen molar-refractivity contribution in [2.24, 2.45) is 0 Å². The van der Waals surface area contributed by atoms with Crippen LogP contribution >= 0.6 is 11.6 Å². The number of alkyl carbamates (subject to hydrolysis) is 1. The van der Waals surface area contributed by atoms with Gasteiger partial charge in [0.2, 0.25) is 0 Å². The lowest BCUT2D eigenvalue weighted by molar-refractivity contribution is 0.144. The van der Waals surface area contributed by atoms with Crippen LogP contribution in [0.3, 0.4) is 0 Å². The highest BCUT2D eigenvalue weighted by Crippen LogP contribution is 2.44. The lowest BCUT2D eigenvalue weighted by Crippen LogP contribution is -2.26. The Morgan fingerprint density at radius 3 is 2.37 bits per heavy atom. The maximum absolute atomic E-state index is 12.1. The molecule has 3 aromatic carbocycles. The molecule has 0 aliphatic heterocycles. The number of rotatable bonds is 4. The number of fused-ring (bicyclic) bond motifs is 3. The smallest absolute Gasteiger partial charge is 0.407 e. The molecule has 0 radical (unpaired) electrons. The molecule has 0 heterocycles. The summed E-state index contributed by atoms with van der Waals surface area (Å²) in [7, 11) is 1.55. The summed E-state index contributed by atoms with van der Waals surface area (Å²) >= 11 is 6.00. The molecule has 0 saturated heterocycles. The highest BCUT2D eigenvalue weighted by atomic mass is 35.5. The summed E-state index contributed by atoms with van der Waals surface area (Å²) in [4.78, 5) is 12.1. The van der Waals surface area contributed by atoms with Crippen molar-refractivity contribution in [3.05, 3.63) is 88.4 Å². The Morgan fingerprint density at radius 2 is 1.70 bits per heavy atom. The molecule has 0 unspecified atom stereocenters. The average molecular weight is 418 g/mol. The number of hydrogen-bond donors (Lipinski definition) is 1. The van der Waals surface area contributed by atoms with E-state index >= 15 is 0 Å². The number of hydrogen-bond acceptors (Lipinski definition) is 3. The third kappa shape index (κ3) is 4.12. The van der Waals surface area contributed by atoms with E-state index in [2.05, 4.69) is 41.4 Å². The van der Waals surface area contributed by atoms with E-state index in [1.807, 2.05) is 24.3 Å². The fourth-order valence-electron chi connectivity index (χ4n) is 3.65. The van der Waals surface area contributed by atoms with Gasteiger partial charge in [0, 0.05) is 11.5 Å². The van der Waals surface area contributed by atoms with Gasteiger partial charge in [0.1, 0.15) is 12.4 Å². The Kier molecular flexibility index (Phi) is 5.92. The van der Waals surface area contributed by atoms with Gasteiger partial charge in [-0.25, -0.2) is 4.79 Å². The van der Waals surface area contributed by atoms with Crippen LogP contribution in [0.15, 0.2) is 66.7 Å². The third-order valence-electron chi connectivity index (χ3n) is 5.05. The predicted molar refractivity (Wildman–Crippen MR) is 118 cm³/mol. The summed E-state index contributed by atoms with van der Waals surface area (Å²) in [6.07, 6.45) is -0.486. The number of nitrogens with one attached hydrogen (secondary N) is 1. The first kappa shape index (κ1) is 19.9. The van der Waals surface area contributed by atoms with Gasteiger partial charge in [-0.1, -0.05) is 72.0 Å². The van der Waals surface area contributed by atoms with Crippen molar-refractivity contribution in [1.82, 2.24) is 5.32 Å². The van der Waals surface area contributed by atoms with Gasteiger partial charge in [-0.2, -0.15) is 0 Å². The van der Waals surface area contributed by atoms with E-state index < -0.39 is 6.09 Å². The van der Waals surface area contributed by atoms with Crippen molar-refractivity contribution >= 4 is 17.7 Å². The van der Waals surface area contributed by atoms with Crippen molar-refractivity contribution in [3.63, 3.8) is 0 Å². The van der Waals surface area contributed by atoms with Crippen LogP contribution in [0, 0.1) is 11.8 Å². The van der Waals surface area contributed by atoms with Gasteiger partial charge >= 0.3 is 6.09 Å². The zero-order valence-electron chi connectivity index (χ0n) is 16.4. The molecule has 5 heteroatoms. The van der Waals surface area contributed by atoms with Gasteiger partial charge in [-0.05, 0) is 40.5 Å². The molecule has 0 bridgehead atoms.